The Bertz CT molecular complexity index is 1480. The van der Waals surface area contributed by atoms with Gasteiger partial charge >= 0.3 is 18.0 Å². The monoisotopic (exact) mass is 643 g/mol. The number of methoxy groups -OCH3 is 1. The van der Waals surface area contributed by atoms with Gasteiger partial charge in [-0.05, 0) is 70.7 Å². The highest BCUT2D eigenvalue weighted by Crippen LogP contribution is 2.39. The predicted molar refractivity (Wildman–Crippen MR) is 168 cm³/mol. The first-order chi connectivity index (χ1) is 20.8. The standard InChI is InChI=1S/C31H37N3O8S2/c1-17(43-19-10-8-9-18(15-19)32-26(36)20-11-6-7-12-21(20)28(37)38)25(35)33-27-24(29(39)41-5)22-13-14-34(16-23(22)44-27)30(40)42-31(2,3)4/h6-10,15,17,20-21H,11-14,16H2,1-5H3,(H,32,36)(H,33,35)(H,37,38). The summed E-state index contributed by atoms with van der Waals surface area (Å²) in [6, 6.07) is 7.00. The number of nitrogens with zero attached hydrogens (tertiary/aromatic N) is 1. The number of fused-ring (bicyclic) bond motifs is 1. The third-order valence-electron chi connectivity index (χ3n) is 7.20. The van der Waals surface area contributed by atoms with Crippen molar-refractivity contribution in [2.24, 2.45) is 11.8 Å². The Morgan fingerprint density at radius 2 is 1.80 bits per heavy atom. The van der Waals surface area contributed by atoms with Gasteiger partial charge in [-0.25, -0.2) is 9.59 Å². The summed E-state index contributed by atoms with van der Waals surface area (Å²) < 4.78 is 10.5. The minimum absolute atomic E-state index is 0.252. The first kappa shape index (κ1) is 33.1. The summed E-state index contributed by atoms with van der Waals surface area (Å²) in [5.74, 6) is -3.71. The van der Waals surface area contributed by atoms with Gasteiger partial charge in [0.15, 0.2) is 0 Å². The molecule has 0 saturated heterocycles. The second-order valence-corrected chi connectivity index (χ2v) is 14.1. The minimum atomic E-state index is -0.999. The number of benzene rings is 1. The Hall–Kier alpha value is -3.84. The third kappa shape index (κ3) is 8.00. The van der Waals surface area contributed by atoms with E-state index in [2.05, 4.69) is 10.6 Å². The Kier molecular flexibility index (Phi) is 10.4. The second-order valence-electron chi connectivity index (χ2n) is 11.6. The Morgan fingerprint density at radius 1 is 1.09 bits per heavy atom. The van der Waals surface area contributed by atoms with Gasteiger partial charge in [0.25, 0.3) is 0 Å². The lowest BCUT2D eigenvalue weighted by atomic mass is 9.82. The number of anilines is 2. The van der Waals surface area contributed by atoms with Crippen LogP contribution in [0.2, 0.25) is 0 Å². The molecule has 0 bridgehead atoms. The maximum absolute atomic E-state index is 13.3. The van der Waals surface area contributed by atoms with Crippen molar-refractivity contribution >= 4 is 63.6 Å². The van der Waals surface area contributed by atoms with E-state index in [0.717, 1.165) is 15.3 Å². The number of nitrogens with one attached hydrogen (secondary N) is 2. The molecular weight excluding hydrogens is 606 g/mol. The lowest BCUT2D eigenvalue weighted by molar-refractivity contribution is -0.146. The van der Waals surface area contributed by atoms with Crippen LogP contribution in [0.25, 0.3) is 0 Å². The van der Waals surface area contributed by atoms with Crippen LogP contribution >= 0.6 is 23.1 Å². The lowest BCUT2D eigenvalue weighted by Crippen LogP contribution is -2.39. The molecule has 0 saturated carbocycles. The van der Waals surface area contributed by atoms with Gasteiger partial charge in [0.1, 0.15) is 10.6 Å². The Morgan fingerprint density at radius 3 is 2.45 bits per heavy atom. The number of rotatable bonds is 8. The van der Waals surface area contributed by atoms with Crippen LogP contribution in [-0.2, 0) is 36.8 Å². The maximum Gasteiger partial charge on any atom is 0.410 e. The van der Waals surface area contributed by atoms with Crippen molar-refractivity contribution in [3.63, 3.8) is 0 Å². The van der Waals surface area contributed by atoms with Gasteiger partial charge in [-0.3, -0.25) is 14.4 Å². The van der Waals surface area contributed by atoms with Crippen LogP contribution in [0.1, 0.15) is 61.3 Å². The molecule has 0 fully saturated rings. The number of ether oxygens (including phenoxy) is 2. The fourth-order valence-corrected chi connectivity index (χ4v) is 7.20. The van der Waals surface area contributed by atoms with E-state index >= 15 is 0 Å². The van der Waals surface area contributed by atoms with Crippen molar-refractivity contribution in [2.45, 2.75) is 69.2 Å². The number of hydrogen-bond acceptors (Lipinski definition) is 9. The molecule has 2 heterocycles. The zero-order valence-corrected chi connectivity index (χ0v) is 26.9. The fraction of sp³-hybridized carbons (Fsp3) is 0.452. The lowest BCUT2D eigenvalue weighted by Gasteiger charge is -2.30. The van der Waals surface area contributed by atoms with Gasteiger partial charge in [0.2, 0.25) is 11.8 Å². The van der Waals surface area contributed by atoms with Gasteiger partial charge in [-0.1, -0.05) is 18.2 Å². The number of esters is 1. The molecule has 4 rings (SSSR count). The van der Waals surface area contributed by atoms with Crippen LogP contribution in [0.15, 0.2) is 41.3 Å². The number of thiophene rings is 1. The molecule has 13 heteroatoms. The molecule has 3 atom stereocenters. The topological polar surface area (TPSA) is 151 Å². The van der Waals surface area contributed by atoms with Gasteiger partial charge in [0.05, 0.1) is 36.3 Å². The van der Waals surface area contributed by atoms with Gasteiger partial charge in [-0.15, -0.1) is 23.1 Å². The van der Waals surface area contributed by atoms with Crippen molar-refractivity contribution in [1.29, 1.82) is 0 Å². The molecule has 1 aliphatic heterocycles. The van der Waals surface area contributed by atoms with Crippen molar-refractivity contribution in [1.82, 2.24) is 4.90 Å². The van der Waals surface area contributed by atoms with Crippen molar-refractivity contribution in [3.05, 3.63) is 52.4 Å². The second kappa shape index (κ2) is 13.9. The van der Waals surface area contributed by atoms with Crippen LogP contribution in [0, 0.1) is 11.8 Å². The number of carboxylic acids is 1. The van der Waals surface area contributed by atoms with Gasteiger partial charge in [0, 0.05) is 22.0 Å². The van der Waals surface area contributed by atoms with E-state index in [4.69, 9.17) is 9.47 Å². The molecule has 1 aromatic heterocycles. The number of carbonyl (C=O) groups excluding carboxylic acids is 4. The van der Waals surface area contributed by atoms with Crippen molar-refractivity contribution in [3.8, 4) is 0 Å². The average Bonchev–Trinajstić information content (AvgIpc) is 3.32. The number of allylic oxidation sites excluding steroid dienone is 2. The smallest absolute Gasteiger partial charge is 0.410 e. The van der Waals surface area contributed by atoms with E-state index in [1.165, 1.54) is 30.2 Å². The highest BCUT2D eigenvalue weighted by Gasteiger charge is 2.35. The van der Waals surface area contributed by atoms with Crippen molar-refractivity contribution in [2.75, 3.05) is 24.3 Å². The summed E-state index contributed by atoms with van der Waals surface area (Å²) in [5, 5.41) is 15.0. The normalized spacial score (nSPS) is 18.5. The summed E-state index contributed by atoms with van der Waals surface area (Å²) in [4.78, 5) is 66.3. The summed E-state index contributed by atoms with van der Waals surface area (Å²) in [6.45, 7) is 7.74. The van der Waals surface area contributed by atoms with E-state index in [1.807, 2.05) is 12.1 Å². The molecule has 3 N–H and O–H groups in total. The van der Waals surface area contributed by atoms with E-state index in [1.54, 1.807) is 56.9 Å². The zero-order chi connectivity index (χ0) is 32.2. The maximum atomic E-state index is 13.3. The number of carboxylic acid groups (broad SMARTS) is 1. The van der Waals surface area contributed by atoms with E-state index in [9.17, 15) is 29.1 Å². The largest absolute Gasteiger partial charge is 0.481 e. The first-order valence-electron chi connectivity index (χ1n) is 14.2. The first-order valence-corrected chi connectivity index (χ1v) is 15.9. The quantitative estimate of drug-likeness (QED) is 0.191. The molecule has 11 nitrogen and oxygen atoms in total. The molecule has 0 radical (unpaired) electrons. The molecule has 1 aliphatic carbocycles. The highest BCUT2D eigenvalue weighted by molar-refractivity contribution is 8.00. The van der Waals surface area contributed by atoms with Gasteiger partial charge < -0.3 is 30.1 Å². The fourth-order valence-electron chi connectivity index (χ4n) is 5.02. The molecule has 3 amide bonds. The molecule has 0 spiro atoms. The number of hydrogen-bond donors (Lipinski definition) is 3. The molecule has 2 aromatic rings. The average molecular weight is 644 g/mol. The van der Waals surface area contributed by atoms with E-state index in [-0.39, 0.29) is 18.4 Å². The SMILES string of the molecule is COC(=O)c1c(NC(=O)C(C)Sc2cccc(NC(=O)C3CC=CCC3C(=O)O)c2)sc2c1CCN(C(=O)OC(C)(C)C)C2. The number of thioether (sulfide) groups is 1. The number of amides is 3. The summed E-state index contributed by atoms with van der Waals surface area (Å²) in [5.41, 5.74) is 0.904. The zero-order valence-electron chi connectivity index (χ0n) is 25.3. The molecule has 3 unspecified atom stereocenters. The van der Waals surface area contributed by atoms with Crippen LogP contribution in [0.3, 0.4) is 0 Å². The van der Waals surface area contributed by atoms with Gasteiger partial charge in [-0.2, -0.15) is 0 Å². The van der Waals surface area contributed by atoms with Crippen LogP contribution in [-0.4, -0.2) is 64.4 Å². The van der Waals surface area contributed by atoms with E-state index in [0.29, 0.717) is 42.1 Å². The molecular formula is C31H37N3O8S2. The number of aliphatic carboxylic acids is 1. The summed E-state index contributed by atoms with van der Waals surface area (Å²) in [7, 11) is 1.28. The number of carbonyl (C=O) groups is 5. The van der Waals surface area contributed by atoms with Crippen LogP contribution in [0.5, 0.6) is 0 Å². The third-order valence-corrected chi connectivity index (χ3v) is 9.43. The minimum Gasteiger partial charge on any atom is -0.481 e. The summed E-state index contributed by atoms with van der Waals surface area (Å²) >= 11 is 2.50. The predicted octanol–water partition coefficient (Wildman–Crippen LogP) is 5.55. The molecule has 2 aliphatic rings. The molecule has 44 heavy (non-hydrogen) atoms. The molecule has 236 valence electrons. The Balaban J connectivity index is 1.43. The van der Waals surface area contributed by atoms with Crippen molar-refractivity contribution < 1.29 is 38.6 Å². The van der Waals surface area contributed by atoms with Crippen LogP contribution < -0.4 is 10.6 Å². The Labute approximate surface area is 264 Å². The van der Waals surface area contributed by atoms with E-state index < -0.39 is 40.7 Å². The molecule has 1 aromatic carbocycles. The summed E-state index contributed by atoms with van der Waals surface area (Å²) in [6.07, 6.45) is 4.24. The van der Waals surface area contributed by atoms with Crippen LogP contribution in [0.4, 0.5) is 15.5 Å². The highest BCUT2D eigenvalue weighted by atomic mass is 32.2.